The summed E-state index contributed by atoms with van der Waals surface area (Å²) in [4.78, 5) is 0. The molecule has 0 aliphatic rings. The molecule has 0 amide bonds. The predicted molar refractivity (Wildman–Crippen MR) is 69.9 cm³/mol. The van der Waals surface area contributed by atoms with Crippen molar-refractivity contribution in [3.8, 4) is 5.75 Å². The Morgan fingerprint density at radius 1 is 1.06 bits per heavy atom. The van der Waals surface area contributed by atoms with Crippen molar-refractivity contribution in [3.05, 3.63) is 29.3 Å². The molecule has 0 unspecified atom stereocenters. The van der Waals surface area contributed by atoms with Gasteiger partial charge in [0, 0.05) is 0 Å². The van der Waals surface area contributed by atoms with Crippen molar-refractivity contribution in [3.63, 3.8) is 0 Å². The highest BCUT2D eigenvalue weighted by Crippen LogP contribution is 2.40. The van der Waals surface area contributed by atoms with Gasteiger partial charge >= 0.3 is 0 Å². The van der Waals surface area contributed by atoms with E-state index in [0.29, 0.717) is 5.75 Å². The summed E-state index contributed by atoms with van der Waals surface area (Å²) < 4.78 is 0. The fraction of sp³-hybridized carbons (Fsp3) is 0.600. The van der Waals surface area contributed by atoms with Gasteiger partial charge in [0.05, 0.1) is 0 Å². The number of rotatable bonds is 2. The van der Waals surface area contributed by atoms with E-state index in [1.165, 1.54) is 5.56 Å². The first-order valence-corrected chi connectivity index (χ1v) is 5.92. The lowest BCUT2D eigenvalue weighted by atomic mass is 9.72. The van der Waals surface area contributed by atoms with Crippen molar-refractivity contribution in [2.75, 3.05) is 0 Å². The van der Waals surface area contributed by atoms with Gasteiger partial charge in [-0.25, -0.2) is 0 Å². The Bertz CT molecular complexity index is 370. The Labute approximate surface area is 99.5 Å². The van der Waals surface area contributed by atoms with Gasteiger partial charge in [-0.2, -0.15) is 0 Å². The Kier molecular flexibility index (Phi) is 3.37. The molecule has 0 heterocycles. The smallest absolute Gasteiger partial charge is 0.119 e. The van der Waals surface area contributed by atoms with E-state index in [1.54, 1.807) is 6.07 Å². The predicted octanol–water partition coefficient (Wildman–Crippen LogP) is 4.41. The summed E-state index contributed by atoms with van der Waals surface area (Å²) in [6.07, 6.45) is 1.05. The van der Waals surface area contributed by atoms with E-state index in [-0.39, 0.29) is 10.8 Å². The van der Waals surface area contributed by atoms with Crippen molar-refractivity contribution in [2.24, 2.45) is 5.41 Å². The van der Waals surface area contributed by atoms with Gasteiger partial charge in [-0.15, -0.1) is 0 Å². The second-order valence-electron chi connectivity index (χ2n) is 6.64. The van der Waals surface area contributed by atoms with Crippen molar-refractivity contribution in [1.82, 2.24) is 0 Å². The average Bonchev–Trinajstić information content (AvgIpc) is 2.04. The van der Waals surface area contributed by atoms with Gasteiger partial charge in [0.1, 0.15) is 5.75 Å². The quantitative estimate of drug-likeness (QED) is 0.782. The molecule has 0 bridgehead atoms. The van der Waals surface area contributed by atoms with Crippen LogP contribution in [0.4, 0.5) is 0 Å². The summed E-state index contributed by atoms with van der Waals surface area (Å²) in [7, 11) is 0. The van der Waals surface area contributed by atoms with Crippen LogP contribution in [-0.4, -0.2) is 5.11 Å². The summed E-state index contributed by atoms with van der Waals surface area (Å²) in [6.45, 7) is 13.2. The van der Waals surface area contributed by atoms with Gasteiger partial charge in [-0.1, -0.05) is 52.3 Å². The van der Waals surface area contributed by atoms with E-state index in [9.17, 15) is 5.11 Å². The summed E-state index contributed by atoms with van der Waals surface area (Å²) in [5.41, 5.74) is 2.53. The van der Waals surface area contributed by atoms with E-state index in [2.05, 4.69) is 47.6 Å². The maximum Gasteiger partial charge on any atom is 0.119 e. The van der Waals surface area contributed by atoms with Crippen LogP contribution in [-0.2, 0) is 5.41 Å². The Morgan fingerprint density at radius 2 is 1.62 bits per heavy atom. The highest BCUT2D eigenvalue weighted by molar-refractivity contribution is 5.40. The number of hydrogen-bond acceptors (Lipinski definition) is 1. The van der Waals surface area contributed by atoms with Gasteiger partial charge in [0.15, 0.2) is 0 Å². The van der Waals surface area contributed by atoms with Crippen LogP contribution < -0.4 is 0 Å². The van der Waals surface area contributed by atoms with Gasteiger partial charge < -0.3 is 5.11 Å². The van der Waals surface area contributed by atoms with Crippen LogP contribution in [0.3, 0.4) is 0 Å². The van der Waals surface area contributed by atoms with Crippen LogP contribution in [0, 0.1) is 12.3 Å². The third-order valence-corrected chi connectivity index (χ3v) is 2.85. The lowest BCUT2D eigenvalue weighted by Crippen LogP contribution is -2.25. The Morgan fingerprint density at radius 3 is 2.12 bits per heavy atom. The summed E-state index contributed by atoms with van der Waals surface area (Å²) in [5, 5.41) is 9.97. The van der Waals surface area contributed by atoms with E-state index >= 15 is 0 Å². The molecule has 1 rings (SSSR count). The fourth-order valence-electron chi connectivity index (χ4n) is 2.61. The highest BCUT2D eigenvalue weighted by atomic mass is 16.3. The molecule has 0 aliphatic heterocycles. The van der Waals surface area contributed by atoms with E-state index < -0.39 is 0 Å². The van der Waals surface area contributed by atoms with Crippen molar-refractivity contribution >= 4 is 0 Å². The van der Waals surface area contributed by atoms with E-state index in [1.807, 2.05) is 6.07 Å². The zero-order valence-electron chi connectivity index (χ0n) is 11.4. The van der Waals surface area contributed by atoms with E-state index in [0.717, 1.165) is 12.0 Å². The lowest BCUT2D eigenvalue weighted by molar-refractivity contribution is 0.278. The monoisotopic (exact) mass is 220 g/mol. The highest BCUT2D eigenvalue weighted by Gasteiger charge is 2.29. The first-order chi connectivity index (χ1) is 7.12. The summed E-state index contributed by atoms with van der Waals surface area (Å²) >= 11 is 0. The molecule has 0 atom stereocenters. The van der Waals surface area contributed by atoms with Crippen LogP contribution in [0.1, 0.15) is 52.2 Å². The molecule has 1 aromatic carbocycles. The molecule has 0 saturated carbocycles. The number of benzene rings is 1. The first-order valence-electron chi connectivity index (χ1n) is 5.92. The van der Waals surface area contributed by atoms with Gasteiger partial charge in [-0.05, 0) is 35.8 Å². The Balaban J connectivity index is 3.11. The zero-order valence-corrected chi connectivity index (χ0v) is 11.4. The average molecular weight is 220 g/mol. The standard InChI is InChI=1S/C15H24O/c1-11-7-8-13(16)12(9-11)15(5,6)10-14(2,3)4/h7-9,16H,10H2,1-6H3. The Hall–Kier alpha value is -0.980. The minimum absolute atomic E-state index is 0.00829. The molecule has 0 fully saturated rings. The van der Waals surface area contributed by atoms with E-state index in [4.69, 9.17) is 0 Å². The molecule has 1 aromatic rings. The molecule has 90 valence electrons. The molecular weight excluding hydrogens is 196 g/mol. The lowest BCUT2D eigenvalue weighted by Gasteiger charge is -2.33. The topological polar surface area (TPSA) is 20.2 Å². The number of aromatic hydroxyl groups is 1. The third kappa shape index (κ3) is 3.26. The number of aryl methyl sites for hydroxylation is 1. The number of phenolic OH excluding ortho intramolecular Hbond substituents is 1. The van der Waals surface area contributed by atoms with Crippen LogP contribution in [0.25, 0.3) is 0 Å². The maximum absolute atomic E-state index is 9.97. The van der Waals surface area contributed by atoms with Crippen LogP contribution in [0.5, 0.6) is 5.75 Å². The fourth-order valence-corrected chi connectivity index (χ4v) is 2.61. The molecule has 1 N–H and O–H groups in total. The number of phenols is 1. The maximum atomic E-state index is 9.97. The zero-order chi connectivity index (χ0) is 12.6. The molecule has 0 radical (unpaired) electrons. The molecular formula is C15H24O. The summed E-state index contributed by atoms with van der Waals surface area (Å²) in [6, 6.07) is 5.85. The van der Waals surface area contributed by atoms with Gasteiger partial charge in [-0.3, -0.25) is 0 Å². The second kappa shape index (κ2) is 4.12. The molecule has 16 heavy (non-hydrogen) atoms. The van der Waals surface area contributed by atoms with Crippen LogP contribution >= 0.6 is 0 Å². The van der Waals surface area contributed by atoms with Crippen molar-refractivity contribution in [2.45, 2.75) is 53.4 Å². The molecule has 1 nitrogen and oxygen atoms in total. The van der Waals surface area contributed by atoms with Gasteiger partial charge in [0.25, 0.3) is 0 Å². The van der Waals surface area contributed by atoms with Crippen LogP contribution in [0.2, 0.25) is 0 Å². The molecule has 0 aliphatic carbocycles. The normalized spacial score (nSPS) is 12.9. The SMILES string of the molecule is Cc1ccc(O)c(C(C)(C)CC(C)(C)C)c1. The minimum atomic E-state index is 0.00829. The van der Waals surface area contributed by atoms with Gasteiger partial charge in [0.2, 0.25) is 0 Å². The number of hydrogen-bond donors (Lipinski definition) is 1. The molecule has 1 heteroatoms. The van der Waals surface area contributed by atoms with Crippen LogP contribution in [0.15, 0.2) is 18.2 Å². The van der Waals surface area contributed by atoms with Crippen molar-refractivity contribution < 1.29 is 5.11 Å². The third-order valence-electron chi connectivity index (χ3n) is 2.85. The largest absolute Gasteiger partial charge is 0.508 e. The first kappa shape index (κ1) is 13.1. The summed E-state index contributed by atoms with van der Waals surface area (Å²) in [5.74, 6) is 0.417. The molecule has 0 aromatic heterocycles. The minimum Gasteiger partial charge on any atom is -0.508 e. The molecule has 0 saturated heterocycles. The van der Waals surface area contributed by atoms with Crippen molar-refractivity contribution in [1.29, 1.82) is 0 Å². The second-order valence-corrected chi connectivity index (χ2v) is 6.64. The molecule has 0 spiro atoms.